The predicted octanol–water partition coefficient (Wildman–Crippen LogP) is 4.04. The van der Waals surface area contributed by atoms with Crippen molar-refractivity contribution in [1.29, 1.82) is 0 Å². The van der Waals surface area contributed by atoms with E-state index in [-0.39, 0.29) is 0 Å². The Labute approximate surface area is 115 Å². The van der Waals surface area contributed by atoms with Crippen LogP contribution < -0.4 is 0 Å². The number of aliphatic hydroxyl groups excluding tert-OH is 1. The first-order valence-corrected chi connectivity index (χ1v) is 6.50. The summed E-state index contributed by atoms with van der Waals surface area (Å²) in [5, 5.41) is 9.98. The second-order valence-corrected chi connectivity index (χ2v) is 5.01. The summed E-state index contributed by atoms with van der Waals surface area (Å²) in [6, 6.07) is 17.9. The minimum Gasteiger partial charge on any atom is -0.384 e. The lowest BCUT2D eigenvalue weighted by Crippen LogP contribution is -1.92. The Hall–Kier alpha value is -1.13. The van der Waals surface area contributed by atoms with Gasteiger partial charge in [0.15, 0.2) is 0 Å². The van der Waals surface area contributed by atoms with Gasteiger partial charge in [0.25, 0.3) is 0 Å². The van der Waals surface area contributed by atoms with Crippen molar-refractivity contribution in [2.45, 2.75) is 6.10 Å². The summed E-state index contributed by atoms with van der Waals surface area (Å²) in [5.41, 5.74) is 2.01. The zero-order chi connectivity index (χ0) is 12.1. The van der Waals surface area contributed by atoms with Gasteiger partial charge in [-0.2, -0.15) is 0 Å². The monoisotopic (exact) mass is 336 g/mol. The first-order valence-electron chi connectivity index (χ1n) is 5.42. The minimum atomic E-state index is -0.549. The second kappa shape index (κ2) is 5.98. The van der Waals surface area contributed by atoms with Gasteiger partial charge in [-0.05, 0) is 45.9 Å². The molecule has 0 aliphatic heterocycles. The van der Waals surface area contributed by atoms with Crippen LogP contribution >= 0.6 is 22.6 Å². The molecule has 0 saturated heterocycles. The van der Waals surface area contributed by atoms with Gasteiger partial charge in [-0.15, -0.1) is 0 Å². The molecule has 2 aromatic carbocycles. The lowest BCUT2D eigenvalue weighted by molar-refractivity contribution is 0.229. The van der Waals surface area contributed by atoms with E-state index in [1.807, 2.05) is 60.7 Å². The topological polar surface area (TPSA) is 20.2 Å². The van der Waals surface area contributed by atoms with Crippen LogP contribution in [0.4, 0.5) is 0 Å². The fourth-order valence-electron chi connectivity index (χ4n) is 1.54. The van der Waals surface area contributed by atoms with Crippen molar-refractivity contribution < 1.29 is 5.11 Å². The highest BCUT2D eigenvalue weighted by Gasteiger charge is 2.02. The molecule has 1 atom stereocenters. The number of aliphatic hydroxyl groups is 1. The average molecular weight is 336 g/mol. The molecule has 2 aromatic rings. The molecule has 0 fully saturated rings. The van der Waals surface area contributed by atoms with E-state index in [4.69, 9.17) is 0 Å². The van der Waals surface area contributed by atoms with E-state index in [1.54, 1.807) is 6.08 Å². The van der Waals surface area contributed by atoms with E-state index in [0.717, 1.165) is 11.1 Å². The third-order valence-electron chi connectivity index (χ3n) is 2.48. The van der Waals surface area contributed by atoms with Crippen LogP contribution in [0.1, 0.15) is 17.2 Å². The fraction of sp³-hybridized carbons (Fsp3) is 0.0667. The molecular weight excluding hydrogens is 323 g/mol. The maximum Gasteiger partial charge on any atom is 0.0975 e. The Bertz CT molecular complexity index is 488. The molecule has 2 heteroatoms. The van der Waals surface area contributed by atoms with Crippen LogP contribution in [0.2, 0.25) is 0 Å². The molecule has 1 N–H and O–H groups in total. The van der Waals surface area contributed by atoms with Crippen LogP contribution in [-0.2, 0) is 0 Å². The summed E-state index contributed by atoms with van der Waals surface area (Å²) in [7, 11) is 0. The van der Waals surface area contributed by atoms with Crippen molar-refractivity contribution in [3.63, 3.8) is 0 Å². The molecule has 86 valence electrons. The van der Waals surface area contributed by atoms with Gasteiger partial charge >= 0.3 is 0 Å². The second-order valence-electron chi connectivity index (χ2n) is 3.77. The van der Waals surface area contributed by atoms with Crippen molar-refractivity contribution in [3.05, 3.63) is 75.4 Å². The summed E-state index contributed by atoms with van der Waals surface area (Å²) in [5.74, 6) is 0. The van der Waals surface area contributed by atoms with Crippen LogP contribution in [0, 0.1) is 3.57 Å². The van der Waals surface area contributed by atoms with Gasteiger partial charge in [0.1, 0.15) is 0 Å². The van der Waals surface area contributed by atoms with Gasteiger partial charge in [-0.3, -0.25) is 0 Å². The summed E-state index contributed by atoms with van der Waals surface area (Å²) in [6.45, 7) is 0. The third-order valence-corrected chi connectivity index (χ3v) is 3.20. The number of benzene rings is 2. The van der Waals surface area contributed by atoms with E-state index in [9.17, 15) is 5.11 Å². The smallest absolute Gasteiger partial charge is 0.0975 e. The van der Waals surface area contributed by atoms with E-state index >= 15 is 0 Å². The van der Waals surface area contributed by atoms with Crippen molar-refractivity contribution in [3.8, 4) is 0 Å². The zero-order valence-corrected chi connectivity index (χ0v) is 11.4. The highest BCUT2D eigenvalue weighted by Crippen LogP contribution is 2.17. The Kier molecular flexibility index (Phi) is 4.34. The molecule has 0 amide bonds. The molecule has 0 aliphatic rings. The summed E-state index contributed by atoms with van der Waals surface area (Å²) >= 11 is 2.25. The van der Waals surface area contributed by atoms with E-state index < -0.39 is 6.10 Å². The van der Waals surface area contributed by atoms with Crippen molar-refractivity contribution in [2.24, 2.45) is 0 Å². The highest BCUT2D eigenvalue weighted by molar-refractivity contribution is 14.1. The number of rotatable bonds is 3. The lowest BCUT2D eigenvalue weighted by atomic mass is 10.1. The molecule has 2 rings (SSSR count). The van der Waals surface area contributed by atoms with Crippen LogP contribution in [0.5, 0.6) is 0 Å². The van der Waals surface area contributed by atoms with E-state index in [0.29, 0.717) is 0 Å². The molecule has 0 spiro atoms. The summed E-state index contributed by atoms with van der Waals surface area (Å²) < 4.78 is 1.17. The molecule has 17 heavy (non-hydrogen) atoms. The van der Waals surface area contributed by atoms with Gasteiger partial charge in [0.2, 0.25) is 0 Å². The van der Waals surface area contributed by atoms with E-state index in [2.05, 4.69) is 22.6 Å². The maximum absolute atomic E-state index is 9.98. The Balaban J connectivity index is 2.09. The molecule has 1 unspecified atom stereocenters. The zero-order valence-electron chi connectivity index (χ0n) is 9.25. The van der Waals surface area contributed by atoms with Crippen LogP contribution in [-0.4, -0.2) is 5.11 Å². The quantitative estimate of drug-likeness (QED) is 0.839. The van der Waals surface area contributed by atoms with Gasteiger partial charge in [0, 0.05) is 3.57 Å². The van der Waals surface area contributed by atoms with Crippen molar-refractivity contribution in [2.75, 3.05) is 0 Å². The summed E-state index contributed by atoms with van der Waals surface area (Å²) in [6.07, 6.45) is 3.19. The Morgan fingerprint density at radius 1 is 0.941 bits per heavy atom. The number of hydrogen-bond acceptors (Lipinski definition) is 1. The van der Waals surface area contributed by atoms with Crippen LogP contribution in [0.3, 0.4) is 0 Å². The van der Waals surface area contributed by atoms with Crippen molar-refractivity contribution >= 4 is 28.7 Å². The Morgan fingerprint density at radius 3 is 2.24 bits per heavy atom. The molecule has 1 nitrogen and oxygen atoms in total. The third kappa shape index (κ3) is 3.68. The molecule has 0 heterocycles. The largest absolute Gasteiger partial charge is 0.384 e. The standard InChI is InChI=1S/C15H13IO/c16-14-9-7-13(8-10-14)15(17)11-6-12-4-2-1-3-5-12/h1-11,15,17H/b11-6+. The van der Waals surface area contributed by atoms with Crippen LogP contribution in [0.15, 0.2) is 60.7 Å². The first-order chi connectivity index (χ1) is 8.25. The van der Waals surface area contributed by atoms with Gasteiger partial charge < -0.3 is 5.11 Å². The Morgan fingerprint density at radius 2 is 1.59 bits per heavy atom. The van der Waals surface area contributed by atoms with Gasteiger partial charge in [0.05, 0.1) is 6.10 Å². The van der Waals surface area contributed by atoms with Crippen LogP contribution in [0.25, 0.3) is 6.08 Å². The molecule has 0 aliphatic carbocycles. The molecule has 0 saturated carbocycles. The molecular formula is C15H13IO. The lowest BCUT2D eigenvalue weighted by Gasteiger charge is -2.05. The summed E-state index contributed by atoms with van der Waals surface area (Å²) in [4.78, 5) is 0. The van der Waals surface area contributed by atoms with E-state index in [1.165, 1.54) is 3.57 Å². The fourth-order valence-corrected chi connectivity index (χ4v) is 1.90. The minimum absolute atomic E-state index is 0.549. The normalized spacial score (nSPS) is 12.8. The average Bonchev–Trinajstić information content (AvgIpc) is 2.38. The van der Waals surface area contributed by atoms with Crippen molar-refractivity contribution in [1.82, 2.24) is 0 Å². The molecule has 0 bridgehead atoms. The highest BCUT2D eigenvalue weighted by atomic mass is 127. The maximum atomic E-state index is 9.98. The molecule has 0 radical (unpaired) electrons. The number of halogens is 1. The van der Waals surface area contributed by atoms with Gasteiger partial charge in [-0.1, -0.05) is 54.6 Å². The predicted molar refractivity (Wildman–Crippen MR) is 79.6 cm³/mol. The number of hydrogen-bond donors (Lipinski definition) is 1. The SMILES string of the molecule is OC(/C=C/c1ccccc1)c1ccc(I)cc1. The first kappa shape index (κ1) is 12.3. The van der Waals surface area contributed by atoms with Gasteiger partial charge in [-0.25, -0.2) is 0 Å². The molecule has 0 aromatic heterocycles.